The molecular weight excluding hydrogens is 320 g/mol. The minimum Gasteiger partial charge on any atom is -0.459 e. The quantitative estimate of drug-likeness (QED) is 0.663. The molecule has 128 valence electrons. The van der Waals surface area contributed by atoms with Gasteiger partial charge in [0.25, 0.3) is 11.8 Å². The molecule has 0 aliphatic heterocycles. The predicted octanol–water partition coefficient (Wildman–Crippen LogP) is 3.49. The molecule has 0 fully saturated rings. The first-order chi connectivity index (χ1) is 12.3. The van der Waals surface area contributed by atoms with Crippen molar-refractivity contribution in [3.05, 3.63) is 59.2 Å². The van der Waals surface area contributed by atoms with Crippen LogP contribution >= 0.6 is 0 Å². The van der Waals surface area contributed by atoms with Gasteiger partial charge in [-0.05, 0) is 54.5 Å². The summed E-state index contributed by atoms with van der Waals surface area (Å²) >= 11 is 0. The fourth-order valence-electron chi connectivity index (χ4n) is 3.07. The van der Waals surface area contributed by atoms with E-state index in [9.17, 15) is 4.79 Å². The highest BCUT2D eigenvalue weighted by Gasteiger charge is 2.14. The number of fused-ring (bicyclic) bond motifs is 1. The highest BCUT2D eigenvalue weighted by Crippen LogP contribution is 2.22. The van der Waals surface area contributed by atoms with Gasteiger partial charge < -0.3 is 13.6 Å². The second-order valence-electron chi connectivity index (χ2n) is 6.13. The largest absolute Gasteiger partial charge is 0.459 e. The van der Waals surface area contributed by atoms with E-state index in [0.29, 0.717) is 5.76 Å². The number of carbonyl (C=O) groups excluding carboxylic acids is 1. The van der Waals surface area contributed by atoms with Gasteiger partial charge in [0.05, 0.1) is 12.7 Å². The summed E-state index contributed by atoms with van der Waals surface area (Å²) in [6.45, 7) is -0.0442. The summed E-state index contributed by atoms with van der Waals surface area (Å²) < 4.78 is 15.8. The molecule has 0 N–H and O–H groups in total. The standard InChI is InChI=1S/C19H18N2O4/c22-18(11-13-7-8-14-4-1-2-5-15(14)10-13)24-12-17-20-21-19(25-17)16-6-3-9-23-16/h3,6-10H,1-2,4-5,11-12H2. The molecule has 0 saturated carbocycles. The third-order valence-electron chi connectivity index (χ3n) is 4.32. The molecule has 0 radical (unpaired) electrons. The predicted molar refractivity (Wildman–Crippen MR) is 88.6 cm³/mol. The van der Waals surface area contributed by atoms with E-state index < -0.39 is 0 Å². The van der Waals surface area contributed by atoms with Crippen LogP contribution in [0.15, 0.2) is 45.4 Å². The first kappa shape index (κ1) is 15.6. The maximum absolute atomic E-state index is 12.1. The Hall–Kier alpha value is -2.89. The van der Waals surface area contributed by atoms with Gasteiger partial charge in [0, 0.05) is 0 Å². The molecule has 1 aromatic carbocycles. The molecule has 1 aliphatic carbocycles. The summed E-state index contributed by atoms with van der Waals surface area (Å²) in [5.41, 5.74) is 3.74. The van der Waals surface area contributed by atoms with Gasteiger partial charge in [0.2, 0.25) is 0 Å². The topological polar surface area (TPSA) is 78.4 Å². The summed E-state index contributed by atoms with van der Waals surface area (Å²) in [5, 5.41) is 7.72. The van der Waals surface area contributed by atoms with E-state index >= 15 is 0 Å². The van der Waals surface area contributed by atoms with Crippen molar-refractivity contribution in [2.75, 3.05) is 0 Å². The molecule has 0 amide bonds. The summed E-state index contributed by atoms with van der Waals surface area (Å²) in [6.07, 6.45) is 6.46. The van der Waals surface area contributed by atoms with Gasteiger partial charge in [-0.1, -0.05) is 18.2 Å². The fraction of sp³-hybridized carbons (Fsp3) is 0.316. The first-order valence-electron chi connectivity index (χ1n) is 8.40. The smallest absolute Gasteiger partial charge is 0.310 e. The van der Waals surface area contributed by atoms with E-state index in [1.807, 2.05) is 6.07 Å². The van der Waals surface area contributed by atoms with Crippen molar-refractivity contribution in [2.45, 2.75) is 38.7 Å². The van der Waals surface area contributed by atoms with Crippen molar-refractivity contribution in [1.29, 1.82) is 0 Å². The Morgan fingerprint density at radius 1 is 1.12 bits per heavy atom. The maximum Gasteiger partial charge on any atom is 0.310 e. The number of aromatic nitrogens is 2. The molecule has 2 aromatic heterocycles. The van der Waals surface area contributed by atoms with Gasteiger partial charge in [-0.15, -0.1) is 10.2 Å². The van der Waals surface area contributed by atoms with Crippen LogP contribution < -0.4 is 0 Å². The lowest BCUT2D eigenvalue weighted by atomic mass is 9.90. The van der Waals surface area contributed by atoms with E-state index in [0.717, 1.165) is 18.4 Å². The van der Waals surface area contributed by atoms with Gasteiger partial charge in [0.1, 0.15) is 0 Å². The second-order valence-corrected chi connectivity index (χ2v) is 6.13. The van der Waals surface area contributed by atoms with Gasteiger partial charge in [-0.25, -0.2) is 0 Å². The number of nitrogens with zero attached hydrogens (tertiary/aromatic N) is 2. The minimum atomic E-state index is -0.312. The molecule has 0 atom stereocenters. The van der Waals surface area contributed by atoms with E-state index in [-0.39, 0.29) is 30.8 Å². The van der Waals surface area contributed by atoms with Crippen LogP contribution in [0.2, 0.25) is 0 Å². The molecule has 25 heavy (non-hydrogen) atoms. The van der Waals surface area contributed by atoms with Crippen molar-refractivity contribution in [2.24, 2.45) is 0 Å². The zero-order chi connectivity index (χ0) is 17.1. The molecule has 0 spiro atoms. The monoisotopic (exact) mass is 338 g/mol. The van der Waals surface area contributed by atoms with E-state index in [1.165, 1.54) is 30.2 Å². The Morgan fingerprint density at radius 3 is 2.84 bits per heavy atom. The van der Waals surface area contributed by atoms with Crippen LogP contribution in [-0.2, 0) is 35.4 Å². The molecule has 0 saturated heterocycles. The third-order valence-corrected chi connectivity index (χ3v) is 4.32. The summed E-state index contributed by atoms with van der Waals surface area (Å²) in [5.74, 6) is 0.684. The van der Waals surface area contributed by atoms with Crippen molar-refractivity contribution in [3.8, 4) is 11.7 Å². The lowest BCUT2D eigenvalue weighted by Crippen LogP contribution is -2.10. The van der Waals surface area contributed by atoms with Crippen LogP contribution in [0.5, 0.6) is 0 Å². The van der Waals surface area contributed by atoms with Crippen molar-refractivity contribution in [3.63, 3.8) is 0 Å². The molecule has 0 unspecified atom stereocenters. The normalized spacial score (nSPS) is 13.4. The Labute approximate surface area is 144 Å². The number of furan rings is 1. The molecular formula is C19H18N2O4. The number of rotatable bonds is 5. The van der Waals surface area contributed by atoms with Crippen molar-refractivity contribution in [1.82, 2.24) is 10.2 Å². The zero-order valence-electron chi connectivity index (χ0n) is 13.7. The number of aryl methyl sites for hydroxylation is 2. The van der Waals surface area contributed by atoms with Gasteiger partial charge in [0.15, 0.2) is 12.4 Å². The van der Waals surface area contributed by atoms with E-state index in [1.54, 1.807) is 12.1 Å². The Balaban J connectivity index is 1.33. The zero-order valence-corrected chi connectivity index (χ0v) is 13.7. The van der Waals surface area contributed by atoms with Crippen molar-refractivity contribution >= 4 is 5.97 Å². The van der Waals surface area contributed by atoms with Gasteiger partial charge in [-0.2, -0.15) is 0 Å². The molecule has 3 aromatic rings. The average molecular weight is 338 g/mol. The lowest BCUT2D eigenvalue weighted by molar-refractivity contribution is -0.144. The van der Waals surface area contributed by atoms with Crippen LogP contribution in [0.1, 0.15) is 35.4 Å². The summed E-state index contributed by atoms with van der Waals surface area (Å²) in [7, 11) is 0. The number of hydrogen-bond acceptors (Lipinski definition) is 6. The average Bonchev–Trinajstić information content (AvgIpc) is 3.31. The number of hydrogen-bond donors (Lipinski definition) is 0. The molecule has 6 nitrogen and oxygen atoms in total. The minimum absolute atomic E-state index is 0.0442. The SMILES string of the molecule is O=C(Cc1ccc2c(c1)CCCC2)OCc1nnc(-c2ccco2)o1. The maximum atomic E-state index is 12.1. The summed E-state index contributed by atoms with van der Waals surface area (Å²) in [4.78, 5) is 12.1. The van der Waals surface area contributed by atoms with Crippen LogP contribution in [-0.4, -0.2) is 16.2 Å². The molecule has 0 bridgehead atoms. The Bertz CT molecular complexity index is 867. The van der Waals surface area contributed by atoms with Gasteiger partial charge in [-0.3, -0.25) is 4.79 Å². The Kier molecular flexibility index (Phi) is 4.33. The van der Waals surface area contributed by atoms with Gasteiger partial charge >= 0.3 is 5.97 Å². The second kappa shape index (κ2) is 6.93. The molecule has 4 rings (SSSR count). The highest BCUT2D eigenvalue weighted by atomic mass is 16.5. The number of benzene rings is 1. The van der Waals surface area contributed by atoms with Crippen LogP contribution in [0.4, 0.5) is 0 Å². The molecule has 1 aliphatic rings. The van der Waals surface area contributed by atoms with Crippen LogP contribution in [0.3, 0.4) is 0 Å². The van der Waals surface area contributed by atoms with Crippen molar-refractivity contribution < 1.29 is 18.4 Å². The third kappa shape index (κ3) is 3.63. The number of esters is 1. The highest BCUT2D eigenvalue weighted by molar-refractivity contribution is 5.72. The number of carbonyl (C=O) groups is 1. The van der Waals surface area contributed by atoms with Crippen LogP contribution in [0, 0.1) is 0 Å². The summed E-state index contributed by atoms with van der Waals surface area (Å²) in [6, 6.07) is 9.71. The molecule has 6 heteroatoms. The Morgan fingerprint density at radius 2 is 2.00 bits per heavy atom. The van der Waals surface area contributed by atoms with Crippen LogP contribution in [0.25, 0.3) is 11.7 Å². The van der Waals surface area contributed by atoms with E-state index in [2.05, 4.69) is 22.3 Å². The number of ether oxygens (including phenoxy) is 1. The lowest BCUT2D eigenvalue weighted by Gasteiger charge is -2.16. The van der Waals surface area contributed by atoms with E-state index in [4.69, 9.17) is 13.6 Å². The first-order valence-corrected chi connectivity index (χ1v) is 8.40. The molecule has 2 heterocycles. The fourth-order valence-corrected chi connectivity index (χ4v) is 3.07.